The van der Waals surface area contributed by atoms with Crippen molar-refractivity contribution in [3.05, 3.63) is 59.7 Å². The molecule has 0 radical (unpaired) electrons. The van der Waals surface area contributed by atoms with Gasteiger partial charge < -0.3 is 14.4 Å². The first kappa shape index (κ1) is 23.3. The Hall–Kier alpha value is -1.71. The van der Waals surface area contributed by atoms with Gasteiger partial charge in [-0.1, -0.05) is 52.0 Å². The van der Waals surface area contributed by atoms with Gasteiger partial charge in [-0.15, -0.1) is 12.4 Å². The molecule has 0 amide bonds. The highest BCUT2D eigenvalue weighted by Gasteiger charge is 2.16. The molecule has 0 saturated heterocycles. The third-order valence-corrected chi connectivity index (χ3v) is 5.37. The number of rotatable bonds is 10. The number of benzene rings is 2. The van der Waals surface area contributed by atoms with Gasteiger partial charge in [0.15, 0.2) is 0 Å². The number of ether oxygens (including phenoxy) is 2. The van der Waals surface area contributed by atoms with Gasteiger partial charge in [0.1, 0.15) is 18.1 Å². The Labute approximate surface area is 171 Å². The summed E-state index contributed by atoms with van der Waals surface area (Å²) in [6.07, 6.45) is 0. The van der Waals surface area contributed by atoms with Crippen molar-refractivity contribution in [3.63, 3.8) is 0 Å². The van der Waals surface area contributed by atoms with Gasteiger partial charge in [-0.05, 0) is 60.3 Å². The Morgan fingerprint density at radius 1 is 0.778 bits per heavy atom. The Bertz CT molecular complexity index is 638. The van der Waals surface area contributed by atoms with E-state index in [-0.39, 0.29) is 12.4 Å². The van der Waals surface area contributed by atoms with Crippen LogP contribution in [0.15, 0.2) is 48.5 Å². The molecule has 0 aliphatic carbocycles. The van der Waals surface area contributed by atoms with Crippen LogP contribution in [0.5, 0.6) is 11.5 Å². The third-order valence-electron chi connectivity index (χ3n) is 5.37. The number of likely N-dealkylation sites (N-methyl/N-ethyl adjacent to an activating group) is 1. The van der Waals surface area contributed by atoms with Gasteiger partial charge in [0, 0.05) is 6.54 Å². The monoisotopic (exact) mass is 391 g/mol. The Balaban J connectivity index is 0.00000364. The molecule has 0 saturated carbocycles. The van der Waals surface area contributed by atoms with Crippen molar-refractivity contribution >= 4 is 12.4 Å². The van der Waals surface area contributed by atoms with Crippen molar-refractivity contribution in [3.8, 4) is 11.5 Å². The molecule has 4 heteroatoms. The van der Waals surface area contributed by atoms with E-state index in [0.29, 0.717) is 11.8 Å². The predicted molar refractivity (Wildman–Crippen MR) is 117 cm³/mol. The SMILES string of the molecule is CCN(CC)CCOc1ccc([C@H](C)[C@@H](C)c2ccc(OC)cc2)cc1.Cl. The summed E-state index contributed by atoms with van der Waals surface area (Å²) in [6.45, 7) is 12.8. The summed E-state index contributed by atoms with van der Waals surface area (Å²) in [4.78, 5) is 2.37. The highest BCUT2D eigenvalue weighted by molar-refractivity contribution is 5.85. The lowest BCUT2D eigenvalue weighted by Crippen LogP contribution is -2.27. The first-order valence-corrected chi connectivity index (χ1v) is 9.68. The van der Waals surface area contributed by atoms with Crippen LogP contribution in [0.25, 0.3) is 0 Å². The molecule has 2 aromatic rings. The quantitative estimate of drug-likeness (QED) is 0.515. The van der Waals surface area contributed by atoms with Crippen LogP contribution in [0, 0.1) is 0 Å². The highest BCUT2D eigenvalue weighted by Crippen LogP contribution is 2.33. The second kappa shape index (κ2) is 11.9. The predicted octanol–water partition coefficient (Wildman–Crippen LogP) is 5.74. The normalized spacial score (nSPS) is 13.0. The summed E-state index contributed by atoms with van der Waals surface area (Å²) in [6, 6.07) is 16.9. The summed E-state index contributed by atoms with van der Waals surface area (Å²) >= 11 is 0. The van der Waals surface area contributed by atoms with Crippen molar-refractivity contribution in [1.82, 2.24) is 4.90 Å². The van der Waals surface area contributed by atoms with E-state index in [1.807, 2.05) is 12.1 Å². The van der Waals surface area contributed by atoms with E-state index in [2.05, 4.69) is 69.0 Å². The van der Waals surface area contributed by atoms with Gasteiger partial charge in [0.05, 0.1) is 7.11 Å². The molecule has 0 aliphatic rings. The first-order valence-electron chi connectivity index (χ1n) is 9.68. The molecule has 2 atom stereocenters. The van der Waals surface area contributed by atoms with Crippen LogP contribution in [0.4, 0.5) is 0 Å². The van der Waals surface area contributed by atoms with Crippen LogP contribution in [0.1, 0.15) is 50.7 Å². The Morgan fingerprint density at radius 3 is 1.63 bits per heavy atom. The largest absolute Gasteiger partial charge is 0.497 e. The zero-order valence-corrected chi connectivity index (χ0v) is 18.1. The zero-order valence-electron chi connectivity index (χ0n) is 17.3. The summed E-state index contributed by atoms with van der Waals surface area (Å²) in [5, 5.41) is 0. The van der Waals surface area contributed by atoms with E-state index in [0.717, 1.165) is 37.7 Å². The Kier molecular flexibility index (Phi) is 10.3. The van der Waals surface area contributed by atoms with Crippen LogP contribution in [-0.4, -0.2) is 38.3 Å². The van der Waals surface area contributed by atoms with E-state index < -0.39 is 0 Å². The second-order valence-electron chi connectivity index (χ2n) is 6.79. The zero-order chi connectivity index (χ0) is 18.9. The summed E-state index contributed by atoms with van der Waals surface area (Å²) < 4.78 is 11.1. The number of hydrogen-bond acceptors (Lipinski definition) is 3. The first-order chi connectivity index (χ1) is 12.6. The van der Waals surface area contributed by atoms with Crippen molar-refractivity contribution in [2.24, 2.45) is 0 Å². The lowest BCUT2D eigenvalue weighted by atomic mass is 9.84. The van der Waals surface area contributed by atoms with Crippen molar-refractivity contribution in [2.75, 3.05) is 33.4 Å². The number of hydrogen-bond donors (Lipinski definition) is 0. The lowest BCUT2D eigenvalue weighted by Gasteiger charge is -2.22. The Morgan fingerprint density at radius 2 is 1.22 bits per heavy atom. The number of halogens is 1. The minimum Gasteiger partial charge on any atom is -0.497 e. The van der Waals surface area contributed by atoms with E-state index in [4.69, 9.17) is 9.47 Å². The topological polar surface area (TPSA) is 21.7 Å². The molecule has 2 aromatic carbocycles. The molecule has 3 nitrogen and oxygen atoms in total. The van der Waals surface area contributed by atoms with Crippen LogP contribution in [-0.2, 0) is 0 Å². The molecule has 0 fully saturated rings. The fourth-order valence-corrected chi connectivity index (χ4v) is 3.18. The summed E-state index contributed by atoms with van der Waals surface area (Å²) in [5.41, 5.74) is 2.67. The van der Waals surface area contributed by atoms with Crippen molar-refractivity contribution < 1.29 is 9.47 Å². The van der Waals surface area contributed by atoms with Crippen molar-refractivity contribution in [2.45, 2.75) is 39.5 Å². The third kappa shape index (κ3) is 6.75. The molecule has 0 aromatic heterocycles. The van der Waals surface area contributed by atoms with Crippen molar-refractivity contribution in [1.29, 1.82) is 0 Å². The smallest absolute Gasteiger partial charge is 0.119 e. The summed E-state index contributed by atoms with van der Waals surface area (Å²) in [5.74, 6) is 2.73. The molecular formula is C23H34ClNO2. The average molecular weight is 392 g/mol. The van der Waals surface area contributed by atoms with Crippen LogP contribution in [0.3, 0.4) is 0 Å². The molecule has 150 valence electrons. The van der Waals surface area contributed by atoms with Crippen LogP contribution in [0.2, 0.25) is 0 Å². The number of methoxy groups -OCH3 is 1. The van der Waals surface area contributed by atoms with Gasteiger partial charge >= 0.3 is 0 Å². The minimum absolute atomic E-state index is 0. The second-order valence-corrected chi connectivity index (χ2v) is 6.79. The minimum atomic E-state index is 0. The molecule has 0 heterocycles. The highest BCUT2D eigenvalue weighted by atomic mass is 35.5. The van der Waals surface area contributed by atoms with Crippen LogP contribution >= 0.6 is 12.4 Å². The molecule has 0 unspecified atom stereocenters. The fraction of sp³-hybridized carbons (Fsp3) is 0.478. The molecule has 0 N–H and O–H groups in total. The van der Waals surface area contributed by atoms with Gasteiger partial charge in [0.2, 0.25) is 0 Å². The van der Waals surface area contributed by atoms with E-state index in [1.165, 1.54) is 11.1 Å². The van der Waals surface area contributed by atoms with Crippen LogP contribution < -0.4 is 9.47 Å². The number of nitrogens with zero attached hydrogens (tertiary/aromatic N) is 1. The van der Waals surface area contributed by atoms with Gasteiger partial charge in [-0.2, -0.15) is 0 Å². The van der Waals surface area contributed by atoms with E-state index in [1.54, 1.807) is 7.11 Å². The molecule has 0 bridgehead atoms. The molecule has 0 spiro atoms. The van der Waals surface area contributed by atoms with E-state index in [9.17, 15) is 0 Å². The molecule has 2 rings (SSSR count). The van der Waals surface area contributed by atoms with Gasteiger partial charge in [-0.25, -0.2) is 0 Å². The summed E-state index contributed by atoms with van der Waals surface area (Å²) in [7, 11) is 1.70. The maximum Gasteiger partial charge on any atom is 0.119 e. The van der Waals surface area contributed by atoms with E-state index >= 15 is 0 Å². The standard InChI is InChI=1S/C23H33NO2.ClH/c1-6-24(7-2)16-17-26-23-14-10-21(11-15-23)19(4)18(3)20-8-12-22(25-5)13-9-20;/h8-15,18-19H,6-7,16-17H2,1-5H3;1H/t18-,19-;/m1./s1. The lowest BCUT2D eigenvalue weighted by molar-refractivity contribution is 0.223. The molecule has 0 aliphatic heterocycles. The van der Waals surface area contributed by atoms with Gasteiger partial charge in [-0.3, -0.25) is 0 Å². The fourth-order valence-electron chi connectivity index (χ4n) is 3.18. The maximum atomic E-state index is 5.89. The van der Waals surface area contributed by atoms with Gasteiger partial charge in [0.25, 0.3) is 0 Å². The molecule has 27 heavy (non-hydrogen) atoms. The molecular weight excluding hydrogens is 358 g/mol. The maximum absolute atomic E-state index is 5.89. The average Bonchev–Trinajstić information content (AvgIpc) is 2.70.